The van der Waals surface area contributed by atoms with Gasteiger partial charge in [-0.1, -0.05) is 50.1 Å². The quantitative estimate of drug-likeness (QED) is 0.768. The van der Waals surface area contributed by atoms with Gasteiger partial charge in [-0.3, -0.25) is 4.79 Å². The maximum absolute atomic E-state index is 11.7. The number of carbonyl (C=O) groups is 1. The van der Waals surface area contributed by atoms with Crippen LogP contribution in [0.3, 0.4) is 0 Å². The summed E-state index contributed by atoms with van der Waals surface area (Å²) in [4.78, 5) is 11.7. The molecule has 0 aliphatic carbocycles. The Morgan fingerprint density at radius 2 is 1.94 bits per heavy atom. The van der Waals surface area contributed by atoms with E-state index in [0.717, 1.165) is 24.8 Å². The molecule has 0 unspecified atom stereocenters. The molecule has 1 amide bonds. The first-order valence-electron chi connectivity index (χ1n) is 5.84. The summed E-state index contributed by atoms with van der Waals surface area (Å²) in [5.74, 6) is -0.0951. The lowest BCUT2D eigenvalue weighted by atomic mass is 10.1. The molecule has 0 fully saturated rings. The van der Waals surface area contributed by atoms with Crippen molar-refractivity contribution in [3.05, 3.63) is 35.9 Å². The second-order valence-corrected chi connectivity index (χ2v) is 3.89. The van der Waals surface area contributed by atoms with E-state index < -0.39 is 6.04 Å². The van der Waals surface area contributed by atoms with Gasteiger partial charge in [-0.25, -0.2) is 0 Å². The number of carbonyl (C=O) groups excluding carboxylic acids is 1. The van der Waals surface area contributed by atoms with E-state index in [-0.39, 0.29) is 18.3 Å². The third kappa shape index (κ3) is 5.71. The van der Waals surface area contributed by atoms with Crippen LogP contribution in [0.5, 0.6) is 0 Å². The first-order valence-corrected chi connectivity index (χ1v) is 5.84. The molecule has 1 aromatic carbocycles. The van der Waals surface area contributed by atoms with Crippen molar-refractivity contribution in [2.45, 2.75) is 32.2 Å². The molecule has 0 spiro atoms. The van der Waals surface area contributed by atoms with E-state index in [1.54, 1.807) is 0 Å². The van der Waals surface area contributed by atoms with Crippen molar-refractivity contribution in [3.8, 4) is 0 Å². The summed E-state index contributed by atoms with van der Waals surface area (Å²) in [5.41, 5.74) is 6.70. The Hall–Kier alpha value is -1.06. The largest absolute Gasteiger partial charge is 0.354 e. The summed E-state index contributed by atoms with van der Waals surface area (Å²) >= 11 is 0. The molecule has 1 aromatic rings. The number of benzene rings is 1. The lowest BCUT2D eigenvalue weighted by Crippen LogP contribution is -2.34. The number of halogens is 1. The predicted molar refractivity (Wildman–Crippen MR) is 73.2 cm³/mol. The van der Waals surface area contributed by atoms with Crippen LogP contribution in [0.2, 0.25) is 0 Å². The zero-order valence-electron chi connectivity index (χ0n) is 10.2. The highest BCUT2D eigenvalue weighted by Crippen LogP contribution is 2.09. The highest BCUT2D eigenvalue weighted by Gasteiger charge is 2.13. The molecule has 0 radical (unpaired) electrons. The van der Waals surface area contributed by atoms with Crippen LogP contribution in [0, 0.1) is 0 Å². The van der Waals surface area contributed by atoms with E-state index >= 15 is 0 Å². The van der Waals surface area contributed by atoms with Crippen molar-refractivity contribution in [2.75, 3.05) is 6.54 Å². The molecule has 1 rings (SSSR count). The molecule has 0 saturated heterocycles. The second kappa shape index (κ2) is 9.02. The Morgan fingerprint density at radius 1 is 1.29 bits per heavy atom. The van der Waals surface area contributed by atoms with E-state index in [1.165, 1.54) is 0 Å². The summed E-state index contributed by atoms with van der Waals surface area (Å²) in [6, 6.07) is 8.88. The third-order valence-corrected chi connectivity index (χ3v) is 2.52. The number of nitrogens with two attached hydrogens (primary N) is 1. The zero-order valence-corrected chi connectivity index (χ0v) is 11.0. The molecule has 17 heavy (non-hydrogen) atoms. The average Bonchev–Trinajstić information content (AvgIpc) is 2.34. The van der Waals surface area contributed by atoms with Crippen molar-refractivity contribution >= 4 is 18.3 Å². The summed E-state index contributed by atoms with van der Waals surface area (Å²) < 4.78 is 0. The second-order valence-electron chi connectivity index (χ2n) is 3.89. The smallest absolute Gasteiger partial charge is 0.241 e. The van der Waals surface area contributed by atoms with E-state index in [9.17, 15) is 4.79 Å². The number of amides is 1. The van der Waals surface area contributed by atoms with E-state index in [1.807, 2.05) is 30.3 Å². The minimum atomic E-state index is -0.553. The van der Waals surface area contributed by atoms with Crippen molar-refractivity contribution < 1.29 is 4.79 Å². The van der Waals surface area contributed by atoms with E-state index in [2.05, 4.69) is 12.2 Å². The van der Waals surface area contributed by atoms with E-state index in [4.69, 9.17) is 5.73 Å². The number of hydrogen-bond donors (Lipinski definition) is 2. The van der Waals surface area contributed by atoms with Crippen LogP contribution in [-0.4, -0.2) is 12.5 Å². The normalized spacial score (nSPS) is 11.4. The molecule has 4 heteroatoms. The van der Waals surface area contributed by atoms with Crippen LogP contribution in [0.4, 0.5) is 0 Å². The van der Waals surface area contributed by atoms with Crippen LogP contribution >= 0.6 is 12.4 Å². The third-order valence-electron chi connectivity index (χ3n) is 2.52. The lowest BCUT2D eigenvalue weighted by molar-refractivity contribution is -0.122. The summed E-state index contributed by atoms with van der Waals surface area (Å²) in [6.45, 7) is 2.85. The highest BCUT2D eigenvalue weighted by molar-refractivity contribution is 5.85. The summed E-state index contributed by atoms with van der Waals surface area (Å²) in [5, 5.41) is 2.85. The Balaban J connectivity index is 0.00000256. The van der Waals surface area contributed by atoms with Crippen molar-refractivity contribution in [2.24, 2.45) is 5.73 Å². The highest BCUT2D eigenvalue weighted by atomic mass is 35.5. The SMILES string of the molecule is CCCCCNC(=O)[C@@H](N)c1ccccc1.Cl. The summed E-state index contributed by atoms with van der Waals surface area (Å²) in [6.07, 6.45) is 3.31. The van der Waals surface area contributed by atoms with Crippen LogP contribution < -0.4 is 11.1 Å². The number of rotatable bonds is 6. The maximum Gasteiger partial charge on any atom is 0.241 e. The van der Waals surface area contributed by atoms with Gasteiger partial charge < -0.3 is 11.1 Å². The van der Waals surface area contributed by atoms with Gasteiger partial charge >= 0.3 is 0 Å². The number of nitrogens with one attached hydrogen (secondary N) is 1. The van der Waals surface area contributed by atoms with Gasteiger partial charge in [0, 0.05) is 6.54 Å². The molecule has 0 heterocycles. The summed E-state index contributed by atoms with van der Waals surface area (Å²) in [7, 11) is 0. The van der Waals surface area contributed by atoms with Gasteiger partial charge in [0.05, 0.1) is 0 Å². The van der Waals surface area contributed by atoms with Crippen LogP contribution in [-0.2, 0) is 4.79 Å². The maximum atomic E-state index is 11.7. The van der Waals surface area contributed by atoms with Gasteiger partial charge in [-0.15, -0.1) is 12.4 Å². The van der Waals surface area contributed by atoms with Crippen molar-refractivity contribution in [1.29, 1.82) is 0 Å². The Bertz CT molecular complexity index is 316. The Kier molecular flexibility index (Phi) is 8.46. The van der Waals surface area contributed by atoms with Gasteiger partial charge in [0.2, 0.25) is 5.91 Å². The molecule has 0 bridgehead atoms. The van der Waals surface area contributed by atoms with Crippen LogP contribution in [0.1, 0.15) is 37.8 Å². The molecular weight excluding hydrogens is 236 g/mol. The molecule has 0 aliphatic heterocycles. The molecule has 3 nitrogen and oxygen atoms in total. The van der Waals surface area contributed by atoms with Gasteiger partial charge in [-0.2, -0.15) is 0 Å². The number of hydrogen-bond acceptors (Lipinski definition) is 2. The Morgan fingerprint density at radius 3 is 2.53 bits per heavy atom. The van der Waals surface area contributed by atoms with Crippen LogP contribution in [0.25, 0.3) is 0 Å². The predicted octanol–water partition coefficient (Wildman–Crippen LogP) is 2.41. The topological polar surface area (TPSA) is 55.1 Å². The zero-order chi connectivity index (χ0) is 11.8. The van der Waals surface area contributed by atoms with Gasteiger partial charge in [0.25, 0.3) is 0 Å². The van der Waals surface area contributed by atoms with E-state index in [0.29, 0.717) is 6.54 Å². The first kappa shape index (κ1) is 15.9. The Labute approximate surface area is 109 Å². The molecular formula is C13H21ClN2O. The first-order chi connectivity index (χ1) is 7.75. The fourth-order valence-corrected chi connectivity index (χ4v) is 1.51. The number of unbranched alkanes of at least 4 members (excludes halogenated alkanes) is 2. The monoisotopic (exact) mass is 256 g/mol. The minimum absolute atomic E-state index is 0. The standard InChI is InChI=1S/C13H20N2O.ClH/c1-2-3-7-10-15-13(16)12(14)11-8-5-4-6-9-11;/h4-6,8-9,12H,2-3,7,10,14H2,1H3,(H,15,16);1H/t12-;/m0./s1. The molecule has 0 saturated carbocycles. The molecule has 0 aromatic heterocycles. The molecule has 0 aliphatic rings. The van der Waals surface area contributed by atoms with Gasteiger partial charge in [-0.05, 0) is 12.0 Å². The van der Waals surface area contributed by atoms with Gasteiger partial charge in [0.1, 0.15) is 6.04 Å². The molecule has 1 atom stereocenters. The fourth-order valence-electron chi connectivity index (χ4n) is 1.51. The minimum Gasteiger partial charge on any atom is -0.354 e. The van der Waals surface area contributed by atoms with Crippen molar-refractivity contribution in [1.82, 2.24) is 5.32 Å². The molecule has 3 N–H and O–H groups in total. The van der Waals surface area contributed by atoms with Gasteiger partial charge in [0.15, 0.2) is 0 Å². The fraction of sp³-hybridized carbons (Fsp3) is 0.462. The average molecular weight is 257 g/mol. The van der Waals surface area contributed by atoms with Crippen molar-refractivity contribution in [3.63, 3.8) is 0 Å². The molecule has 96 valence electrons. The lowest BCUT2D eigenvalue weighted by Gasteiger charge is -2.12. The van der Waals surface area contributed by atoms with Crippen LogP contribution in [0.15, 0.2) is 30.3 Å².